The molecule has 0 aliphatic heterocycles. The second-order valence-electron chi connectivity index (χ2n) is 5.41. The van der Waals surface area contributed by atoms with E-state index in [1.54, 1.807) is 12.1 Å². The normalized spacial score (nSPS) is 10.9. The molecule has 3 rings (SSSR count). The number of carbonyl (C=O) groups excluding carboxylic acids is 1. The second kappa shape index (κ2) is 7.35. The van der Waals surface area contributed by atoms with Crippen molar-refractivity contribution in [2.75, 3.05) is 6.54 Å². The highest BCUT2D eigenvalue weighted by molar-refractivity contribution is 7.18. The van der Waals surface area contributed by atoms with Gasteiger partial charge in [-0.3, -0.25) is 9.59 Å². The molecule has 0 aliphatic rings. The molecule has 0 unspecified atom stereocenters. The second-order valence-corrected chi connectivity index (χ2v) is 6.94. The molecule has 1 aromatic heterocycles. The number of aliphatic carboxylic acids is 1. The van der Waals surface area contributed by atoms with E-state index in [-0.39, 0.29) is 11.4 Å². The topological polar surface area (TPSA) is 79.3 Å². The summed E-state index contributed by atoms with van der Waals surface area (Å²) < 4.78 is 27.6. The van der Waals surface area contributed by atoms with Gasteiger partial charge >= 0.3 is 5.97 Å². The lowest BCUT2D eigenvalue weighted by molar-refractivity contribution is -0.137. The van der Waals surface area contributed by atoms with E-state index in [2.05, 4.69) is 10.3 Å². The number of amides is 1. The van der Waals surface area contributed by atoms with Crippen molar-refractivity contribution in [1.82, 2.24) is 10.3 Å². The Morgan fingerprint density at radius 2 is 1.85 bits per heavy atom. The first-order chi connectivity index (χ1) is 12.3. The van der Waals surface area contributed by atoms with Gasteiger partial charge in [0.1, 0.15) is 23.2 Å². The molecule has 3 aromatic rings. The lowest BCUT2D eigenvalue weighted by Crippen LogP contribution is -2.30. The van der Waals surface area contributed by atoms with Crippen LogP contribution >= 0.6 is 22.9 Å². The fourth-order valence-electron chi connectivity index (χ4n) is 2.38. The van der Waals surface area contributed by atoms with Gasteiger partial charge in [-0.15, -0.1) is 11.3 Å². The van der Waals surface area contributed by atoms with Crippen molar-refractivity contribution >= 4 is 45.0 Å². The van der Waals surface area contributed by atoms with E-state index in [1.165, 1.54) is 23.5 Å². The highest BCUT2D eigenvalue weighted by Crippen LogP contribution is 2.35. The van der Waals surface area contributed by atoms with Crippen LogP contribution in [0.25, 0.3) is 21.3 Å². The summed E-state index contributed by atoms with van der Waals surface area (Å²) >= 11 is 7.44. The molecule has 5 nitrogen and oxygen atoms in total. The molecule has 1 amide bonds. The fraction of sp³-hybridized carbons (Fsp3) is 0.118. The van der Waals surface area contributed by atoms with Gasteiger partial charge in [0, 0.05) is 11.6 Å². The van der Waals surface area contributed by atoms with E-state index < -0.39 is 30.1 Å². The number of thiazole rings is 1. The van der Waals surface area contributed by atoms with Crippen molar-refractivity contribution in [2.24, 2.45) is 0 Å². The highest BCUT2D eigenvalue weighted by atomic mass is 35.5. The Morgan fingerprint density at radius 3 is 2.50 bits per heavy atom. The molecule has 2 aromatic carbocycles. The van der Waals surface area contributed by atoms with Crippen LogP contribution in [0.2, 0.25) is 5.02 Å². The van der Waals surface area contributed by atoms with E-state index in [4.69, 9.17) is 16.7 Å². The van der Waals surface area contributed by atoms with Crippen LogP contribution in [0.5, 0.6) is 0 Å². The van der Waals surface area contributed by atoms with Gasteiger partial charge < -0.3 is 10.4 Å². The van der Waals surface area contributed by atoms with E-state index in [0.29, 0.717) is 26.4 Å². The predicted octanol–water partition coefficient (Wildman–Crippen LogP) is 3.64. The van der Waals surface area contributed by atoms with Crippen LogP contribution in [0.1, 0.15) is 5.01 Å². The standard InChI is InChI=1S/C17H11ClF2N2O3S/c18-12-5-13-14(4-11(12)8-1-9(19)3-10(20)2-8)26-16(22-13)6-15(23)21-7-17(24)25/h1-5H,6-7H2,(H,21,23)(H,24,25). The third-order valence-electron chi connectivity index (χ3n) is 3.44. The number of carbonyl (C=O) groups is 2. The zero-order chi connectivity index (χ0) is 18.8. The van der Waals surface area contributed by atoms with Crippen molar-refractivity contribution < 1.29 is 23.5 Å². The molecular weight excluding hydrogens is 386 g/mol. The predicted molar refractivity (Wildman–Crippen MR) is 94.3 cm³/mol. The van der Waals surface area contributed by atoms with Crippen molar-refractivity contribution in [2.45, 2.75) is 6.42 Å². The van der Waals surface area contributed by atoms with Crippen LogP contribution in [0.4, 0.5) is 8.78 Å². The number of halogens is 3. The Hall–Kier alpha value is -2.58. The van der Waals surface area contributed by atoms with Crippen molar-refractivity contribution in [3.63, 3.8) is 0 Å². The fourth-order valence-corrected chi connectivity index (χ4v) is 3.63. The van der Waals surface area contributed by atoms with E-state index in [9.17, 15) is 18.4 Å². The third-order valence-corrected chi connectivity index (χ3v) is 4.77. The lowest BCUT2D eigenvalue weighted by Gasteiger charge is -2.05. The van der Waals surface area contributed by atoms with E-state index in [0.717, 1.165) is 6.07 Å². The molecule has 0 aliphatic carbocycles. The van der Waals surface area contributed by atoms with Gasteiger partial charge in [-0.25, -0.2) is 13.8 Å². The van der Waals surface area contributed by atoms with Gasteiger partial charge in [0.25, 0.3) is 0 Å². The summed E-state index contributed by atoms with van der Waals surface area (Å²) in [6.45, 7) is -0.467. The number of fused-ring (bicyclic) bond motifs is 1. The van der Waals surface area contributed by atoms with Crippen LogP contribution in [0.15, 0.2) is 30.3 Å². The molecule has 0 bridgehead atoms. The number of hydrogen-bond acceptors (Lipinski definition) is 4. The minimum absolute atomic E-state index is 0.0752. The largest absolute Gasteiger partial charge is 0.480 e. The molecule has 2 N–H and O–H groups in total. The summed E-state index contributed by atoms with van der Waals surface area (Å²) in [5.41, 5.74) is 1.29. The van der Waals surface area contributed by atoms with Gasteiger partial charge in [0.05, 0.1) is 21.7 Å². The molecule has 9 heteroatoms. The van der Waals surface area contributed by atoms with Crippen LogP contribution in [-0.4, -0.2) is 28.5 Å². The Bertz CT molecular complexity index is 1000. The Morgan fingerprint density at radius 1 is 1.15 bits per heavy atom. The average molecular weight is 397 g/mol. The maximum atomic E-state index is 13.5. The molecule has 0 fully saturated rings. The molecular formula is C17H11ClF2N2O3S. The van der Waals surface area contributed by atoms with Crippen molar-refractivity contribution in [3.05, 3.63) is 52.0 Å². The number of carboxylic acid groups (broad SMARTS) is 1. The summed E-state index contributed by atoms with van der Waals surface area (Å²) in [4.78, 5) is 26.5. The highest BCUT2D eigenvalue weighted by Gasteiger charge is 2.14. The smallest absolute Gasteiger partial charge is 0.322 e. The van der Waals surface area contributed by atoms with Crippen molar-refractivity contribution in [3.8, 4) is 11.1 Å². The van der Waals surface area contributed by atoms with E-state index in [1.807, 2.05) is 0 Å². The first kappa shape index (κ1) is 18.2. The van der Waals surface area contributed by atoms with Crippen LogP contribution in [-0.2, 0) is 16.0 Å². The average Bonchev–Trinajstić information content (AvgIpc) is 2.92. The summed E-state index contributed by atoms with van der Waals surface area (Å²) in [5, 5.41) is 11.6. The summed E-state index contributed by atoms with van der Waals surface area (Å²) in [7, 11) is 0. The molecule has 0 radical (unpaired) electrons. The van der Waals surface area contributed by atoms with Gasteiger partial charge in [0.15, 0.2) is 0 Å². The number of carboxylic acids is 1. The molecule has 0 atom stereocenters. The number of hydrogen-bond donors (Lipinski definition) is 2. The Kier molecular flexibility index (Phi) is 5.15. The number of benzene rings is 2. The maximum absolute atomic E-state index is 13.5. The monoisotopic (exact) mass is 396 g/mol. The number of rotatable bonds is 5. The number of aromatic nitrogens is 1. The Balaban J connectivity index is 1.91. The zero-order valence-electron chi connectivity index (χ0n) is 13.1. The number of nitrogens with one attached hydrogen (secondary N) is 1. The number of nitrogens with zero attached hydrogens (tertiary/aromatic N) is 1. The maximum Gasteiger partial charge on any atom is 0.322 e. The molecule has 0 saturated carbocycles. The Labute approximate surface area is 155 Å². The summed E-state index contributed by atoms with van der Waals surface area (Å²) in [6.07, 6.45) is -0.0752. The summed E-state index contributed by atoms with van der Waals surface area (Å²) in [6, 6.07) is 6.34. The first-order valence-electron chi connectivity index (χ1n) is 7.36. The van der Waals surface area contributed by atoms with Gasteiger partial charge in [0.2, 0.25) is 5.91 Å². The molecule has 0 spiro atoms. The molecule has 26 heavy (non-hydrogen) atoms. The van der Waals surface area contributed by atoms with Crippen LogP contribution in [0, 0.1) is 11.6 Å². The van der Waals surface area contributed by atoms with Crippen LogP contribution in [0.3, 0.4) is 0 Å². The lowest BCUT2D eigenvalue weighted by atomic mass is 10.1. The molecule has 1 heterocycles. The quantitative estimate of drug-likeness (QED) is 0.690. The van der Waals surface area contributed by atoms with E-state index >= 15 is 0 Å². The molecule has 0 saturated heterocycles. The van der Waals surface area contributed by atoms with Gasteiger partial charge in [-0.2, -0.15) is 0 Å². The first-order valence-corrected chi connectivity index (χ1v) is 8.55. The minimum atomic E-state index is -1.14. The van der Waals surface area contributed by atoms with Gasteiger partial charge in [-0.1, -0.05) is 11.6 Å². The SMILES string of the molecule is O=C(O)CNC(=O)Cc1nc2cc(Cl)c(-c3cc(F)cc(F)c3)cc2s1. The minimum Gasteiger partial charge on any atom is -0.480 e. The van der Waals surface area contributed by atoms with Crippen LogP contribution < -0.4 is 5.32 Å². The van der Waals surface area contributed by atoms with Gasteiger partial charge in [-0.05, 0) is 29.8 Å². The third kappa shape index (κ3) is 4.14. The zero-order valence-corrected chi connectivity index (χ0v) is 14.6. The van der Waals surface area contributed by atoms with Crippen molar-refractivity contribution in [1.29, 1.82) is 0 Å². The summed E-state index contributed by atoms with van der Waals surface area (Å²) in [5.74, 6) is -3.03. The molecule has 134 valence electrons.